The number of nitrogens with zero attached hydrogens (tertiary/aromatic N) is 1. The van der Waals surface area contributed by atoms with Crippen molar-refractivity contribution in [2.24, 2.45) is 0 Å². The van der Waals surface area contributed by atoms with Crippen molar-refractivity contribution in [1.29, 1.82) is 0 Å². The maximum absolute atomic E-state index is 12.4. The predicted octanol–water partition coefficient (Wildman–Crippen LogP) is 2.97. The highest BCUT2D eigenvalue weighted by Crippen LogP contribution is 2.27. The zero-order chi connectivity index (χ0) is 14.1. The van der Waals surface area contributed by atoms with Gasteiger partial charge in [0.2, 0.25) is 0 Å². The van der Waals surface area contributed by atoms with Crippen molar-refractivity contribution < 1.29 is 9.53 Å². The number of carbonyl (C=O) groups excluding carboxylic acids is 1. The van der Waals surface area contributed by atoms with Crippen LogP contribution in [0, 0.1) is 0 Å². The largest absolute Gasteiger partial charge is 0.367 e. The molecule has 2 saturated heterocycles. The summed E-state index contributed by atoms with van der Waals surface area (Å²) in [7, 11) is 0. The van der Waals surface area contributed by atoms with E-state index in [1.165, 1.54) is 12.8 Å². The van der Waals surface area contributed by atoms with Crippen LogP contribution in [0.3, 0.4) is 0 Å². The Balaban J connectivity index is 1.67. The average Bonchev–Trinajstić information content (AvgIpc) is 2.90. The zero-order valence-electron chi connectivity index (χ0n) is 11.1. The number of hydrogen-bond acceptors (Lipinski definition) is 3. The number of fused-ring (bicyclic) bond motifs is 1. The summed E-state index contributed by atoms with van der Waals surface area (Å²) in [5, 5.41) is 1.08. The molecule has 20 heavy (non-hydrogen) atoms. The summed E-state index contributed by atoms with van der Waals surface area (Å²) < 4.78 is 5.73. The summed E-state index contributed by atoms with van der Waals surface area (Å²) >= 11 is 12.2. The minimum atomic E-state index is -0.350. The van der Waals surface area contributed by atoms with E-state index < -0.39 is 0 Å². The molecule has 2 atom stereocenters. The SMILES string of the molecule is O=C(Cc1c(Cl)cccc1Cl)C1CN2CCCC2CO1. The molecule has 3 rings (SSSR count). The monoisotopic (exact) mass is 313 g/mol. The molecular weight excluding hydrogens is 297 g/mol. The van der Waals surface area contributed by atoms with Gasteiger partial charge in [-0.05, 0) is 37.1 Å². The van der Waals surface area contributed by atoms with Crippen LogP contribution in [0.2, 0.25) is 10.0 Å². The van der Waals surface area contributed by atoms with Crippen molar-refractivity contribution in [2.45, 2.75) is 31.4 Å². The van der Waals surface area contributed by atoms with Crippen LogP contribution >= 0.6 is 23.2 Å². The van der Waals surface area contributed by atoms with Gasteiger partial charge in [-0.25, -0.2) is 0 Å². The minimum absolute atomic E-state index is 0.0605. The highest BCUT2D eigenvalue weighted by atomic mass is 35.5. The summed E-state index contributed by atoms with van der Waals surface area (Å²) in [4.78, 5) is 14.8. The smallest absolute Gasteiger partial charge is 0.167 e. The van der Waals surface area contributed by atoms with Crippen LogP contribution in [-0.4, -0.2) is 42.5 Å². The molecule has 0 bridgehead atoms. The lowest BCUT2D eigenvalue weighted by molar-refractivity contribution is -0.137. The van der Waals surface area contributed by atoms with Gasteiger partial charge in [0.25, 0.3) is 0 Å². The lowest BCUT2D eigenvalue weighted by atomic mass is 10.0. The molecule has 3 nitrogen and oxygen atoms in total. The van der Waals surface area contributed by atoms with E-state index in [4.69, 9.17) is 27.9 Å². The molecule has 2 fully saturated rings. The Morgan fingerprint density at radius 1 is 1.35 bits per heavy atom. The van der Waals surface area contributed by atoms with Gasteiger partial charge in [-0.15, -0.1) is 0 Å². The number of carbonyl (C=O) groups is 1. The molecule has 0 spiro atoms. The van der Waals surface area contributed by atoms with Crippen molar-refractivity contribution >= 4 is 29.0 Å². The van der Waals surface area contributed by atoms with Crippen LogP contribution in [0.4, 0.5) is 0 Å². The third kappa shape index (κ3) is 2.86. The second kappa shape index (κ2) is 6.02. The Bertz CT molecular complexity index is 500. The predicted molar refractivity (Wildman–Crippen MR) is 79.5 cm³/mol. The zero-order valence-corrected chi connectivity index (χ0v) is 12.7. The van der Waals surface area contributed by atoms with Gasteiger partial charge in [-0.3, -0.25) is 9.69 Å². The summed E-state index contributed by atoms with van der Waals surface area (Å²) in [5.41, 5.74) is 0.702. The Hall–Kier alpha value is -0.610. The standard InChI is InChI=1S/C15H17Cl2NO2/c16-12-4-1-5-13(17)11(12)7-14(19)15-8-18-6-2-3-10(18)9-20-15/h1,4-5,10,15H,2-3,6-9H2. The van der Waals surface area contributed by atoms with Gasteiger partial charge < -0.3 is 4.74 Å². The first-order valence-corrected chi connectivity index (χ1v) is 7.72. The maximum Gasteiger partial charge on any atom is 0.167 e. The van der Waals surface area contributed by atoms with Crippen LogP contribution in [0.1, 0.15) is 18.4 Å². The summed E-state index contributed by atoms with van der Waals surface area (Å²) in [6.07, 6.45) is 2.27. The lowest BCUT2D eigenvalue weighted by Gasteiger charge is -2.34. The molecule has 1 aromatic carbocycles. The molecule has 5 heteroatoms. The number of halogens is 2. The van der Waals surface area contributed by atoms with E-state index in [1.807, 2.05) is 0 Å². The fourth-order valence-electron chi connectivity index (χ4n) is 3.00. The molecule has 2 heterocycles. The molecule has 2 aliphatic rings. The first kappa shape index (κ1) is 14.3. The van der Waals surface area contributed by atoms with Crippen molar-refractivity contribution in [3.63, 3.8) is 0 Å². The molecule has 1 aromatic rings. The third-order valence-corrected chi connectivity index (χ3v) is 4.87. The molecule has 0 aromatic heterocycles. The Morgan fingerprint density at radius 3 is 2.85 bits per heavy atom. The second-order valence-corrected chi connectivity index (χ2v) is 6.27. The van der Waals surface area contributed by atoms with Crippen LogP contribution in [0.5, 0.6) is 0 Å². The fourth-order valence-corrected chi connectivity index (χ4v) is 3.53. The van der Waals surface area contributed by atoms with E-state index >= 15 is 0 Å². The quantitative estimate of drug-likeness (QED) is 0.859. The molecule has 0 N–H and O–H groups in total. The van der Waals surface area contributed by atoms with Crippen LogP contribution in [-0.2, 0) is 16.0 Å². The van der Waals surface area contributed by atoms with Crippen molar-refractivity contribution in [3.05, 3.63) is 33.8 Å². The van der Waals surface area contributed by atoms with E-state index in [0.717, 1.165) is 6.54 Å². The second-order valence-electron chi connectivity index (χ2n) is 5.46. The number of ether oxygens (including phenoxy) is 1. The third-order valence-electron chi connectivity index (χ3n) is 4.16. The Labute approximate surface area is 128 Å². The molecule has 108 valence electrons. The van der Waals surface area contributed by atoms with Gasteiger partial charge in [-0.1, -0.05) is 29.3 Å². The summed E-state index contributed by atoms with van der Waals surface area (Å²) in [6.45, 7) is 2.43. The summed E-state index contributed by atoms with van der Waals surface area (Å²) in [6, 6.07) is 5.80. The Kier molecular flexibility index (Phi) is 4.32. The fraction of sp³-hybridized carbons (Fsp3) is 0.533. The van der Waals surface area contributed by atoms with Gasteiger partial charge in [0.05, 0.1) is 6.61 Å². The van der Waals surface area contributed by atoms with Crippen molar-refractivity contribution in [2.75, 3.05) is 19.7 Å². The summed E-state index contributed by atoms with van der Waals surface area (Å²) in [5.74, 6) is 0.0605. The van der Waals surface area contributed by atoms with Gasteiger partial charge in [0.15, 0.2) is 5.78 Å². The highest BCUT2D eigenvalue weighted by Gasteiger charge is 2.35. The van der Waals surface area contributed by atoms with Crippen LogP contribution in [0.25, 0.3) is 0 Å². The molecule has 0 amide bonds. The van der Waals surface area contributed by atoms with E-state index in [9.17, 15) is 4.79 Å². The maximum atomic E-state index is 12.4. The topological polar surface area (TPSA) is 29.5 Å². The van der Waals surface area contributed by atoms with Crippen LogP contribution < -0.4 is 0 Å². The minimum Gasteiger partial charge on any atom is -0.367 e. The normalized spacial score (nSPS) is 26.5. The molecule has 0 radical (unpaired) electrons. The number of Topliss-reactive ketones (excluding diaryl/α,β-unsaturated/α-hetero) is 1. The molecule has 0 aliphatic carbocycles. The Morgan fingerprint density at radius 2 is 2.10 bits per heavy atom. The van der Waals surface area contributed by atoms with E-state index in [2.05, 4.69) is 4.90 Å². The van der Waals surface area contributed by atoms with Gasteiger partial charge >= 0.3 is 0 Å². The van der Waals surface area contributed by atoms with E-state index in [0.29, 0.717) is 34.8 Å². The van der Waals surface area contributed by atoms with Crippen LogP contribution in [0.15, 0.2) is 18.2 Å². The van der Waals surface area contributed by atoms with Gasteiger partial charge in [0, 0.05) is 29.1 Å². The highest BCUT2D eigenvalue weighted by molar-refractivity contribution is 6.36. The molecule has 2 unspecified atom stereocenters. The first-order chi connectivity index (χ1) is 9.65. The van der Waals surface area contributed by atoms with E-state index in [-0.39, 0.29) is 18.3 Å². The number of hydrogen-bond donors (Lipinski definition) is 0. The van der Waals surface area contributed by atoms with Crippen molar-refractivity contribution in [3.8, 4) is 0 Å². The van der Waals surface area contributed by atoms with Gasteiger partial charge in [0.1, 0.15) is 6.10 Å². The van der Waals surface area contributed by atoms with Crippen molar-refractivity contribution in [1.82, 2.24) is 4.90 Å². The lowest BCUT2D eigenvalue weighted by Crippen LogP contribution is -2.49. The van der Waals surface area contributed by atoms with E-state index in [1.54, 1.807) is 18.2 Å². The molecule has 2 aliphatic heterocycles. The first-order valence-electron chi connectivity index (χ1n) is 6.96. The number of morpholine rings is 1. The number of ketones is 1. The average molecular weight is 314 g/mol. The molecule has 0 saturated carbocycles. The number of benzene rings is 1. The van der Waals surface area contributed by atoms with Gasteiger partial charge in [-0.2, -0.15) is 0 Å². The molecular formula is C15H17Cl2NO2. The number of rotatable bonds is 3.